The van der Waals surface area contributed by atoms with Gasteiger partial charge in [-0.2, -0.15) is 4.31 Å². The van der Waals surface area contributed by atoms with E-state index in [2.05, 4.69) is 4.74 Å². The van der Waals surface area contributed by atoms with E-state index >= 15 is 0 Å². The molecule has 0 heterocycles. The van der Waals surface area contributed by atoms with Crippen LogP contribution in [0, 0.1) is 6.92 Å². The van der Waals surface area contributed by atoms with Crippen LogP contribution in [0.15, 0.2) is 52.3 Å². The van der Waals surface area contributed by atoms with Crippen molar-refractivity contribution in [3.63, 3.8) is 0 Å². The summed E-state index contributed by atoms with van der Waals surface area (Å²) in [5.74, 6) is -1.34. The van der Waals surface area contributed by atoms with Crippen molar-refractivity contribution in [1.82, 2.24) is 4.31 Å². The lowest BCUT2D eigenvalue weighted by atomic mass is 10.0. The third kappa shape index (κ3) is 8.52. The molecule has 11 heteroatoms. The second-order valence-electron chi connectivity index (χ2n) is 7.79. The van der Waals surface area contributed by atoms with Crippen molar-refractivity contribution in [3.8, 4) is 5.75 Å². The number of aryl methyl sites for hydroxylation is 2. The number of carbonyl (C=O) groups is 1. The molecule has 0 radical (unpaired) electrons. The molecule has 0 aromatic heterocycles. The second kappa shape index (κ2) is 11.9. The fourth-order valence-corrected chi connectivity index (χ4v) is 6.17. The van der Waals surface area contributed by atoms with E-state index in [1.807, 2.05) is 39.0 Å². The van der Waals surface area contributed by atoms with Crippen LogP contribution in [-0.2, 0) is 21.2 Å². The van der Waals surface area contributed by atoms with E-state index < -0.39 is 28.1 Å². The highest BCUT2D eigenvalue weighted by molar-refractivity contribution is 8.00. The Kier molecular flexibility index (Phi) is 9.84. The van der Waals surface area contributed by atoms with Gasteiger partial charge in [0.05, 0.1) is 4.90 Å². The van der Waals surface area contributed by atoms with Crippen molar-refractivity contribution < 1.29 is 36.2 Å². The lowest BCUT2D eigenvalue weighted by Gasteiger charge is -2.25. The van der Waals surface area contributed by atoms with Gasteiger partial charge in [0.2, 0.25) is 10.0 Å². The second-order valence-corrected chi connectivity index (χ2v) is 11.2. The molecule has 1 unspecified atom stereocenters. The lowest BCUT2D eigenvalue weighted by molar-refractivity contribution is -0.274. The number of hydrogen-bond donors (Lipinski definition) is 1. The maximum absolute atomic E-state index is 13.1. The summed E-state index contributed by atoms with van der Waals surface area (Å²) < 4.78 is 68.5. The van der Waals surface area contributed by atoms with Gasteiger partial charge in [0.25, 0.3) is 0 Å². The van der Waals surface area contributed by atoms with Crippen LogP contribution in [0.2, 0.25) is 0 Å². The SMILES string of the molecule is CCCN(CC(C)Sc1ccc(CCC(=O)O)c(C)c1)S(=O)(=O)c1ccc(OC(F)(F)F)cc1. The number of sulfonamides is 1. The Labute approximate surface area is 202 Å². The molecular weight excluding hydrogens is 491 g/mol. The summed E-state index contributed by atoms with van der Waals surface area (Å²) in [5.41, 5.74) is 1.92. The van der Waals surface area contributed by atoms with Crippen LogP contribution in [0.3, 0.4) is 0 Å². The quantitative estimate of drug-likeness (QED) is 0.373. The Morgan fingerprint density at radius 3 is 2.35 bits per heavy atom. The molecule has 188 valence electrons. The summed E-state index contributed by atoms with van der Waals surface area (Å²) in [5, 5.41) is 8.75. The van der Waals surface area contributed by atoms with Crippen molar-refractivity contribution in [2.75, 3.05) is 13.1 Å². The number of benzene rings is 2. The van der Waals surface area contributed by atoms with Crippen molar-refractivity contribution in [2.45, 2.75) is 61.4 Å². The van der Waals surface area contributed by atoms with E-state index in [9.17, 15) is 26.4 Å². The van der Waals surface area contributed by atoms with E-state index in [1.54, 1.807) is 0 Å². The molecule has 0 aliphatic heterocycles. The standard InChI is InChI=1S/C23H28F3NO5S2/c1-4-13-27(34(30,31)21-10-7-19(8-11-21)32-23(24,25)26)15-17(3)33-20-9-5-18(16(2)14-20)6-12-22(28)29/h5,7-11,14,17H,4,6,12-13,15H2,1-3H3,(H,28,29). The van der Waals surface area contributed by atoms with E-state index in [0.29, 0.717) is 12.8 Å². The lowest BCUT2D eigenvalue weighted by Crippen LogP contribution is -2.36. The highest BCUT2D eigenvalue weighted by Crippen LogP contribution is 2.29. The van der Waals surface area contributed by atoms with Crippen LogP contribution >= 0.6 is 11.8 Å². The zero-order valence-electron chi connectivity index (χ0n) is 19.1. The number of ether oxygens (including phenoxy) is 1. The Balaban J connectivity index is 2.11. The largest absolute Gasteiger partial charge is 0.573 e. The summed E-state index contributed by atoms with van der Waals surface area (Å²) in [7, 11) is -3.91. The van der Waals surface area contributed by atoms with E-state index in [4.69, 9.17) is 5.11 Å². The number of aliphatic carboxylic acids is 1. The number of thioether (sulfide) groups is 1. The molecule has 0 saturated carbocycles. The van der Waals surface area contributed by atoms with E-state index in [-0.39, 0.29) is 29.7 Å². The molecule has 2 rings (SSSR count). The summed E-state index contributed by atoms with van der Waals surface area (Å²) >= 11 is 1.50. The molecule has 0 bridgehead atoms. The van der Waals surface area contributed by atoms with Crippen LogP contribution in [-0.4, -0.2) is 48.5 Å². The third-order valence-corrected chi connectivity index (χ3v) is 7.85. The normalized spacial score (nSPS) is 13.1. The number of carboxylic acid groups (broad SMARTS) is 1. The molecule has 2 aromatic carbocycles. The minimum absolute atomic E-state index is 0.0525. The summed E-state index contributed by atoms with van der Waals surface area (Å²) in [6.07, 6.45) is -3.79. The van der Waals surface area contributed by atoms with Crippen LogP contribution < -0.4 is 4.74 Å². The first kappa shape index (κ1) is 28.0. The van der Waals surface area contributed by atoms with Crippen LogP contribution in [0.4, 0.5) is 13.2 Å². The van der Waals surface area contributed by atoms with Crippen molar-refractivity contribution in [1.29, 1.82) is 0 Å². The van der Waals surface area contributed by atoms with Gasteiger partial charge >= 0.3 is 12.3 Å². The number of rotatable bonds is 12. The third-order valence-electron chi connectivity index (χ3n) is 4.89. The average Bonchev–Trinajstić information content (AvgIpc) is 2.72. The Morgan fingerprint density at radius 1 is 1.18 bits per heavy atom. The summed E-state index contributed by atoms with van der Waals surface area (Å²) in [6.45, 7) is 6.13. The summed E-state index contributed by atoms with van der Waals surface area (Å²) in [6, 6.07) is 9.92. The monoisotopic (exact) mass is 519 g/mol. The fourth-order valence-electron chi connectivity index (χ4n) is 3.34. The molecule has 0 amide bonds. The minimum Gasteiger partial charge on any atom is -0.481 e. The number of halogens is 3. The Morgan fingerprint density at radius 2 is 1.82 bits per heavy atom. The zero-order valence-corrected chi connectivity index (χ0v) is 20.8. The molecular formula is C23H28F3NO5S2. The molecule has 1 N–H and O–H groups in total. The van der Waals surface area contributed by atoms with Gasteiger partial charge in [-0.25, -0.2) is 8.42 Å². The van der Waals surface area contributed by atoms with Crippen LogP contribution in [0.5, 0.6) is 5.75 Å². The van der Waals surface area contributed by atoms with Crippen molar-refractivity contribution >= 4 is 27.8 Å². The number of hydrogen-bond acceptors (Lipinski definition) is 5. The Hall–Kier alpha value is -2.24. The maximum Gasteiger partial charge on any atom is 0.573 e. The van der Waals surface area contributed by atoms with Crippen LogP contribution in [0.1, 0.15) is 37.8 Å². The topological polar surface area (TPSA) is 83.9 Å². The number of carboxylic acids is 1. The van der Waals surface area contributed by atoms with Crippen LogP contribution in [0.25, 0.3) is 0 Å². The van der Waals surface area contributed by atoms with Gasteiger partial charge in [-0.3, -0.25) is 4.79 Å². The molecule has 0 fully saturated rings. The first-order chi connectivity index (χ1) is 15.8. The summed E-state index contributed by atoms with van der Waals surface area (Å²) in [4.78, 5) is 11.6. The van der Waals surface area contributed by atoms with Gasteiger partial charge in [-0.1, -0.05) is 19.9 Å². The van der Waals surface area contributed by atoms with Crippen molar-refractivity contribution in [2.24, 2.45) is 0 Å². The maximum atomic E-state index is 13.1. The molecule has 6 nitrogen and oxygen atoms in total. The molecule has 0 saturated heterocycles. The minimum atomic E-state index is -4.85. The van der Waals surface area contributed by atoms with Gasteiger partial charge in [0.1, 0.15) is 5.75 Å². The van der Waals surface area contributed by atoms with E-state index in [0.717, 1.165) is 40.3 Å². The Bertz CT molecular complexity index is 1070. The van der Waals surface area contributed by atoms with E-state index in [1.165, 1.54) is 16.1 Å². The highest BCUT2D eigenvalue weighted by atomic mass is 32.2. The molecule has 0 aliphatic carbocycles. The average molecular weight is 520 g/mol. The van der Waals surface area contributed by atoms with Gasteiger partial charge in [-0.05, 0) is 67.3 Å². The van der Waals surface area contributed by atoms with Gasteiger partial charge in [0, 0.05) is 29.7 Å². The smallest absolute Gasteiger partial charge is 0.481 e. The first-order valence-corrected chi connectivity index (χ1v) is 13.0. The molecule has 0 aliphatic rings. The molecule has 2 aromatic rings. The first-order valence-electron chi connectivity index (χ1n) is 10.7. The van der Waals surface area contributed by atoms with Gasteiger partial charge < -0.3 is 9.84 Å². The zero-order chi connectivity index (χ0) is 25.5. The highest BCUT2D eigenvalue weighted by Gasteiger charge is 2.31. The number of nitrogens with zero attached hydrogens (tertiary/aromatic N) is 1. The number of alkyl halides is 3. The van der Waals surface area contributed by atoms with Crippen molar-refractivity contribution in [3.05, 3.63) is 53.6 Å². The van der Waals surface area contributed by atoms with Gasteiger partial charge in [-0.15, -0.1) is 24.9 Å². The van der Waals surface area contributed by atoms with Gasteiger partial charge in [0.15, 0.2) is 0 Å². The molecule has 34 heavy (non-hydrogen) atoms. The molecule has 0 spiro atoms. The predicted molar refractivity (Wildman–Crippen MR) is 125 cm³/mol. The molecule has 1 atom stereocenters. The fraction of sp³-hybridized carbons (Fsp3) is 0.435. The predicted octanol–water partition coefficient (Wildman–Crippen LogP) is 5.49.